The van der Waals surface area contributed by atoms with E-state index in [1.807, 2.05) is 11.6 Å². The molecule has 0 fully saturated rings. The van der Waals surface area contributed by atoms with Crippen molar-refractivity contribution in [3.05, 3.63) is 58.1 Å². The highest BCUT2D eigenvalue weighted by Crippen LogP contribution is 2.25. The molecule has 24 heavy (non-hydrogen) atoms. The molecule has 0 saturated heterocycles. The highest BCUT2D eigenvalue weighted by molar-refractivity contribution is 7.90. The first kappa shape index (κ1) is 18.6. The summed E-state index contributed by atoms with van der Waals surface area (Å²) in [6.07, 6.45) is -1.06. The molecule has 1 amide bonds. The van der Waals surface area contributed by atoms with Crippen molar-refractivity contribution in [1.29, 1.82) is 0 Å². The van der Waals surface area contributed by atoms with E-state index in [0.29, 0.717) is 10.0 Å². The number of aryl methyl sites for hydroxylation is 1. The fourth-order valence-electron chi connectivity index (χ4n) is 1.85. The van der Waals surface area contributed by atoms with Crippen molar-refractivity contribution < 1.29 is 17.9 Å². The minimum absolute atomic E-state index is 0.000509. The molecule has 5 nitrogen and oxygen atoms in total. The van der Waals surface area contributed by atoms with Crippen LogP contribution in [-0.2, 0) is 14.8 Å². The largest absolute Gasteiger partial charge is 0.481 e. The third-order valence-corrected chi connectivity index (χ3v) is 4.88. The molecular weight excluding hydrogens is 373 g/mol. The Labute approximate surface area is 150 Å². The number of hydrogen-bond donors (Lipinski definition) is 1. The third kappa shape index (κ3) is 4.87. The van der Waals surface area contributed by atoms with Gasteiger partial charge in [0.2, 0.25) is 0 Å². The van der Waals surface area contributed by atoms with Gasteiger partial charge in [-0.25, -0.2) is 13.1 Å². The Hall–Kier alpha value is -1.76. The summed E-state index contributed by atoms with van der Waals surface area (Å²) >= 11 is 11.7. The summed E-state index contributed by atoms with van der Waals surface area (Å²) in [6.45, 7) is 3.26. The highest BCUT2D eigenvalue weighted by Gasteiger charge is 2.23. The van der Waals surface area contributed by atoms with Crippen LogP contribution in [0.3, 0.4) is 0 Å². The zero-order chi connectivity index (χ0) is 17.9. The number of nitrogens with one attached hydrogen (secondary N) is 1. The minimum Gasteiger partial charge on any atom is -0.481 e. The van der Waals surface area contributed by atoms with Gasteiger partial charge in [0, 0.05) is 10.0 Å². The number of sulfonamides is 1. The van der Waals surface area contributed by atoms with E-state index in [0.717, 1.165) is 5.56 Å². The molecule has 0 spiro atoms. The van der Waals surface area contributed by atoms with E-state index in [4.69, 9.17) is 27.9 Å². The van der Waals surface area contributed by atoms with E-state index < -0.39 is 22.0 Å². The highest BCUT2D eigenvalue weighted by atomic mass is 35.5. The summed E-state index contributed by atoms with van der Waals surface area (Å²) in [7, 11) is -3.96. The summed E-state index contributed by atoms with van der Waals surface area (Å²) in [5, 5.41) is 0.690. The summed E-state index contributed by atoms with van der Waals surface area (Å²) < 4.78 is 31.8. The SMILES string of the molecule is Cc1ccc(S(=O)(=O)NC(=O)C(C)Oc2cc(Cl)cc(Cl)c2)cc1. The van der Waals surface area contributed by atoms with E-state index in [2.05, 4.69) is 0 Å². The van der Waals surface area contributed by atoms with Gasteiger partial charge in [-0.3, -0.25) is 4.79 Å². The molecule has 2 rings (SSSR count). The number of hydrogen-bond acceptors (Lipinski definition) is 4. The zero-order valence-corrected chi connectivity index (χ0v) is 15.2. The molecule has 2 aromatic rings. The Balaban J connectivity index is 2.09. The lowest BCUT2D eigenvalue weighted by Gasteiger charge is -2.15. The molecule has 1 unspecified atom stereocenters. The normalized spacial score (nSPS) is 12.5. The van der Waals surface area contributed by atoms with Crippen molar-refractivity contribution in [2.45, 2.75) is 24.8 Å². The molecule has 0 saturated carbocycles. The van der Waals surface area contributed by atoms with Crippen LogP contribution in [0, 0.1) is 6.92 Å². The van der Waals surface area contributed by atoms with E-state index in [9.17, 15) is 13.2 Å². The summed E-state index contributed by atoms with van der Waals surface area (Å²) in [5.74, 6) is -0.533. The van der Waals surface area contributed by atoms with Crippen LogP contribution in [0.4, 0.5) is 0 Å². The summed E-state index contributed by atoms with van der Waals surface area (Å²) in [5.41, 5.74) is 0.912. The van der Waals surface area contributed by atoms with Gasteiger partial charge in [0.25, 0.3) is 15.9 Å². The number of benzene rings is 2. The maximum absolute atomic E-state index is 12.2. The van der Waals surface area contributed by atoms with E-state index in [1.54, 1.807) is 12.1 Å². The van der Waals surface area contributed by atoms with Crippen LogP contribution in [0.2, 0.25) is 10.0 Å². The monoisotopic (exact) mass is 387 g/mol. The number of amides is 1. The third-order valence-electron chi connectivity index (χ3n) is 3.08. The van der Waals surface area contributed by atoms with Crippen LogP contribution in [0.1, 0.15) is 12.5 Å². The minimum atomic E-state index is -3.96. The lowest BCUT2D eigenvalue weighted by atomic mass is 10.2. The number of carbonyl (C=O) groups is 1. The van der Waals surface area contributed by atoms with Crippen LogP contribution in [0.5, 0.6) is 5.75 Å². The molecular formula is C16H15Cl2NO4S. The molecule has 0 bridgehead atoms. The summed E-state index contributed by atoms with van der Waals surface area (Å²) in [6, 6.07) is 10.6. The van der Waals surface area contributed by atoms with E-state index in [-0.39, 0.29) is 10.6 Å². The van der Waals surface area contributed by atoms with Crippen molar-refractivity contribution in [2.24, 2.45) is 0 Å². The van der Waals surface area contributed by atoms with Gasteiger partial charge in [0.05, 0.1) is 4.90 Å². The van der Waals surface area contributed by atoms with Gasteiger partial charge in [-0.05, 0) is 44.2 Å². The first-order valence-electron chi connectivity index (χ1n) is 6.93. The van der Waals surface area contributed by atoms with Gasteiger partial charge in [0.15, 0.2) is 6.10 Å². The zero-order valence-electron chi connectivity index (χ0n) is 12.9. The Morgan fingerprint density at radius 2 is 1.62 bits per heavy atom. The first-order chi connectivity index (χ1) is 11.2. The molecule has 0 aliphatic heterocycles. The van der Waals surface area contributed by atoms with Gasteiger partial charge >= 0.3 is 0 Å². The summed E-state index contributed by atoms with van der Waals surface area (Å²) in [4.78, 5) is 12.1. The van der Waals surface area contributed by atoms with Gasteiger partial charge < -0.3 is 4.74 Å². The molecule has 8 heteroatoms. The smallest absolute Gasteiger partial charge is 0.274 e. The lowest BCUT2D eigenvalue weighted by molar-refractivity contribution is -0.125. The number of ether oxygens (including phenoxy) is 1. The molecule has 128 valence electrons. The topological polar surface area (TPSA) is 72.5 Å². The Morgan fingerprint density at radius 1 is 1.08 bits per heavy atom. The Kier molecular flexibility index (Phi) is 5.74. The first-order valence-corrected chi connectivity index (χ1v) is 9.17. The predicted octanol–water partition coefficient (Wildman–Crippen LogP) is 3.57. The van der Waals surface area contributed by atoms with Gasteiger partial charge in [0.1, 0.15) is 5.75 Å². The van der Waals surface area contributed by atoms with Crippen molar-refractivity contribution in [3.63, 3.8) is 0 Å². The Morgan fingerprint density at radius 3 is 2.17 bits per heavy atom. The second-order valence-electron chi connectivity index (χ2n) is 5.15. The molecule has 0 aliphatic rings. The van der Waals surface area contributed by atoms with Crippen molar-refractivity contribution in [2.75, 3.05) is 0 Å². The lowest BCUT2D eigenvalue weighted by Crippen LogP contribution is -2.39. The van der Waals surface area contributed by atoms with Gasteiger partial charge in [-0.2, -0.15) is 0 Å². The molecule has 1 N–H and O–H groups in total. The van der Waals surface area contributed by atoms with Crippen molar-refractivity contribution in [1.82, 2.24) is 4.72 Å². The van der Waals surface area contributed by atoms with Crippen LogP contribution >= 0.6 is 23.2 Å². The average Bonchev–Trinajstić information content (AvgIpc) is 2.46. The average molecular weight is 388 g/mol. The number of halogens is 2. The maximum Gasteiger partial charge on any atom is 0.274 e. The van der Waals surface area contributed by atoms with Crippen LogP contribution in [0.25, 0.3) is 0 Å². The van der Waals surface area contributed by atoms with Crippen molar-refractivity contribution in [3.8, 4) is 5.75 Å². The molecule has 2 aromatic carbocycles. The van der Waals surface area contributed by atoms with Crippen LogP contribution in [0.15, 0.2) is 47.4 Å². The van der Waals surface area contributed by atoms with Crippen LogP contribution < -0.4 is 9.46 Å². The molecule has 0 aromatic heterocycles. The van der Waals surface area contributed by atoms with E-state index >= 15 is 0 Å². The van der Waals surface area contributed by atoms with Crippen LogP contribution in [-0.4, -0.2) is 20.4 Å². The standard InChI is InChI=1S/C16H15Cl2NO4S/c1-10-3-5-15(6-4-10)24(21,22)19-16(20)11(2)23-14-8-12(17)7-13(18)9-14/h3-9,11H,1-2H3,(H,19,20). The quantitative estimate of drug-likeness (QED) is 0.850. The molecule has 0 radical (unpaired) electrons. The Bertz CT molecular complexity index is 831. The van der Waals surface area contributed by atoms with E-state index in [1.165, 1.54) is 37.3 Å². The number of carbonyl (C=O) groups excluding carboxylic acids is 1. The fraction of sp³-hybridized carbons (Fsp3) is 0.188. The second-order valence-corrected chi connectivity index (χ2v) is 7.70. The van der Waals surface area contributed by atoms with Gasteiger partial charge in [-0.1, -0.05) is 40.9 Å². The fourth-order valence-corrected chi connectivity index (χ4v) is 3.40. The molecule has 0 heterocycles. The molecule has 1 atom stereocenters. The number of rotatable bonds is 5. The maximum atomic E-state index is 12.2. The molecule has 0 aliphatic carbocycles. The van der Waals surface area contributed by atoms with Gasteiger partial charge in [-0.15, -0.1) is 0 Å². The van der Waals surface area contributed by atoms with Crippen molar-refractivity contribution >= 4 is 39.1 Å². The predicted molar refractivity (Wildman–Crippen MR) is 93.1 cm³/mol. The second kappa shape index (κ2) is 7.42.